The molecule has 126 valence electrons. The average Bonchev–Trinajstić information content (AvgIpc) is 2.55. The van der Waals surface area contributed by atoms with Gasteiger partial charge in [0.2, 0.25) is 0 Å². The summed E-state index contributed by atoms with van der Waals surface area (Å²) in [7, 11) is 1.58. The second-order valence-corrected chi connectivity index (χ2v) is 4.42. The van der Waals surface area contributed by atoms with Crippen LogP contribution in [0.15, 0.2) is 29.4 Å². The van der Waals surface area contributed by atoms with Crippen LogP contribution in [0.4, 0.5) is 5.69 Å². The van der Waals surface area contributed by atoms with E-state index in [-0.39, 0.29) is 31.1 Å². The third kappa shape index (κ3) is 6.82. The van der Waals surface area contributed by atoms with Crippen LogP contribution in [0.5, 0.6) is 5.75 Å². The number of hydrogen-bond acceptors (Lipinski definition) is 7. The molecule has 23 heavy (non-hydrogen) atoms. The molecule has 0 aliphatic rings. The Hall–Kier alpha value is -2.57. The molecule has 0 fully saturated rings. The minimum atomic E-state index is -0.558. The smallest absolute Gasteiger partial charge is 0.354 e. The quantitative estimate of drug-likeness (QED) is 0.427. The van der Waals surface area contributed by atoms with Gasteiger partial charge in [0.1, 0.15) is 11.5 Å². The van der Waals surface area contributed by atoms with E-state index in [1.165, 1.54) is 0 Å². The van der Waals surface area contributed by atoms with Crippen LogP contribution in [0.1, 0.15) is 26.7 Å². The van der Waals surface area contributed by atoms with Crippen molar-refractivity contribution in [2.75, 3.05) is 25.7 Å². The molecule has 7 nitrogen and oxygen atoms in total. The fraction of sp³-hybridized carbons (Fsp3) is 0.438. The van der Waals surface area contributed by atoms with Crippen LogP contribution in [0, 0.1) is 0 Å². The predicted molar refractivity (Wildman–Crippen MR) is 86.6 cm³/mol. The zero-order valence-electron chi connectivity index (χ0n) is 13.6. The number of carbonyl (C=O) groups is 2. The highest BCUT2D eigenvalue weighted by atomic mass is 16.5. The summed E-state index contributed by atoms with van der Waals surface area (Å²) >= 11 is 0. The number of benzene rings is 1. The van der Waals surface area contributed by atoms with Gasteiger partial charge in [0.15, 0.2) is 0 Å². The summed E-state index contributed by atoms with van der Waals surface area (Å²) in [6.07, 6.45) is 0.205. The molecule has 0 saturated carbocycles. The number of ether oxygens (including phenoxy) is 3. The van der Waals surface area contributed by atoms with Gasteiger partial charge in [-0.25, -0.2) is 4.79 Å². The molecule has 0 atom stereocenters. The molecule has 0 bridgehead atoms. The Morgan fingerprint density at radius 3 is 2.26 bits per heavy atom. The molecule has 0 aromatic heterocycles. The SMILES string of the molecule is CCOC(=O)CC/C(=N/Nc1ccc(OC)cc1)C(=O)OCC. The summed E-state index contributed by atoms with van der Waals surface area (Å²) in [5, 5.41) is 4.04. The van der Waals surface area contributed by atoms with Crippen molar-refractivity contribution in [3.8, 4) is 5.75 Å². The third-order valence-electron chi connectivity index (χ3n) is 2.79. The Bertz CT molecular complexity index is 540. The minimum absolute atomic E-state index is 0.0653. The number of rotatable bonds is 9. The van der Waals surface area contributed by atoms with Crippen LogP contribution < -0.4 is 10.2 Å². The summed E-state index contributed by atoms with van der Waals surface area (Å²) in [4.78, 5) is 23.3. The van der Waals surface area contributed by atoms with Gasteiger partial charge in [0.25, 0.3) is 0 Å². The van der Waals surface area contributed by atoms with E-state index in [0.717, 1.165) is 0 Å². The van der Waals surface area contributed by atoms with Crippen molar-refractivity contribution in [1.29, 1.82) is 0 Å². The highest BCUT2D eigenvalue weighted by Crippen LogP contribution is 2.15. The van der Waals surface area contributed by atoms with Gasteiger partial charge in [-0.05, 0) is 38.1 Å². The lowest BCUT2D eigenvalue weighted by Crippen LogP contribution is -2.20. The molecular weight excluding hydrogens is 300 g/mol. The number of methoxy groups -OCH3 is 1. The summed E-state index contributed by atoms with van der Waals surface area (Å²) in [5.74, 6) is -0.223. The van der Waals surface area contributed by atoms with Gasteiger partial charge in [-0.3, -0.25) is 10.2 Å². The Morgan fingerprint density at radius 2 is 1.70 bits per heavy atom. The van der Waals surface area contributed by atoms with E-state index >= 15 is 0 Å². The van der Waals surface area contributed by atoms with Crippen molar-refractivity contribution in [3.05, 3.63) is 24.3 Å². The van der Waals surface area contributed by atoms with Gasteiger partial charge in [-0.2, -0.15) is 5.10 Å². The second-order valence-electron chi connectivity index (χ2n) is 4.42. The van der Waals surface area contributed by atoms with Gasteiger partial charge < -0.3 is 14.2 Å². The maximum atomic E-state index is 11.9. The first kappa shape index (κ1) is 18.5. The van der Waals surface area contributed by atoms with Crippen molar-refractivity contribution in [2.45, 2.75) is 26.7 Å². The Balaban J connectivity index is 2.72. The molecule has 1 rings (SSSR count). The maximum absolute atomic E-state index is 11.9. The Kier molecular flexibility index (Phi) is 8.20. The normalized spacial score (nSPS) is 10.8. The average molecular weight is 322 g/mol. The molecule has 0 aliphatic carbocycles. The topological polar surface area (TPSA) is 86.2 Å². The van der Waals surface area contributed by atoms with E-state index in [1.54, 1.807) is 45.2 Å². The number of nitrogens with zero attached hydrogens (tertiary/aromatic N) is 1. The lowest BCUT2D eigenvalue weighted by atomic mass is 10.2. The number of carbonyl (C=O) groups excluding carboxylic acids is 2. The van der Waals surface area contributed by atoms with Crippen LogP contribution in [0.3, 0.4) is 0 Å². The van der Waals surface area contributed by atoms with Crippen LogP contribution in [0.25, 0.3) is 0 Å². The molecule has 1 aromatic rings. The fourth-order valence-electron chi connectivity index (χ4n) is 1.67. The standard InChI is InChI=1S/C16H22N2O5/c1-4-22-15(19)11-10-14(16(20)23-5-2)18-17-12-6-8-13(21-3)9-7-12/h6-9,17H,4-5,10-11H2,1-3H3/b18-14-. The van der Waals surface area contributed by atoms with Gasteiger partial charge in [-0.1, -0.05) is 0 Å². The molecule has 0 radical (unpaired) electrons. The molecule has 0 amide bonds. The zero-order valence-corrected chi connectivity index (χ0v) is 13.6. The van der Waals surface area contributed by atoms with Gasteiger partial charge >= 0.3 is 11.9 Å². The fourth-order valence-corrected chi connectivity index (χ4v) is 1.67. The molecule has 7 heteroatoms. The van der Waals surface area contributed by atoms with E-state index in [0.29, 0.717) is 18.0 Å². The van der Waals surface area contributed by atoms with E-state index in [9.17, 15) is 9.59 Å². The van der Waals surface area contributed by atoms with Crippen LogP contribution in [0.2, 0.25) is 0 Å². The first-order valence-electron chi connectivity index (χ1n) is 7.40. The Labute approximate surface area is 135 Å². The molecule has 0 saturated heterocycles. The number of nitrogens with one attached hydrogen (secondary N) is 1. The largest absolute Gasteiger partial charge is 0.497 e. The number of hydrazone groups is 1. The summed E-state index contributed by atoms with van der Waals surface area (Å²) in [6, 6.07) is 7.05. The maximum Gasteiger partial charge on any atom is 0.354 e. The lowest BCUT2D eigenvalue weighted by Gasteiger charge is -2.08. The van der Waals surface area contributed by atoms with Gasteiger partial charge in [0, 0.05) is 6.42 Å². The number of hydrogen-bond donors (Lipinski definition) is 1. The number of anilines is 1. The van der Waals surface area contributed by atoms with Gasteiger partial charge in [-0.15, -0.1) is 0 Å². The van der Waals surface area contributed by atoms with E-state index in [1.807, 2.05) is 0 Å². The first-order chi connectivity index (χ1) is 11.1. The zero-order chi connectivity index (χ0) is 17.1. The molecule has 1 N–H and O–H groups in total. The molecule has 0 unspecified atom stereocenters. The van der Waals surface area contributed by atoms with Crippen LogP contribution >= 0.6 is 0 Å². The predicted octanol–water partition coefficient (Wildman–Crippen LogP) is 2.37. The molecule has 1 aromatic carbocycles. The van der Waals surface area contributed by atoms with E-state index in [4.69, 9.17) is 14.2 Å². The minimum Gasteiger partial charge on any atom is -0.497 e. The molecular formula is C16H22N2O5. The molecule has 0 spiro atoms. The monoisotopic (exact) mass is 322 g/mol. The summed E-state index contributed by atoms with van der Waals surface area (Å²) < 4.78 is 14.8. The van der Waals surface area contributed by atoms with Gasteiger partial charge in [0.05, 0.1) is 32.4 Å². The van der Waals surface area contributed by atoms with Crippen molar-refractivity contribution in [1.82, 2.24) is 0 Å². The van der Waals surface area contributed by atoms with Crippen molar-refractivity contribution in [2.24, 2.45) is 5.10 Å². The Morgan fingerprint density at radius 1 is 1.04 bits per heavy atom. The van der Waals surface area contributed by atoms with Crippen molar-refractivity contribution in [3.63, 3.8) is 0 Å². The molecule has 0 aliphatic heterocycles. The highest BCUT2D eigenvalue weighted by molar-refractivity contribution is 6.36. The summed E-state index contributed by atoms with van der Waals surface area (Å²) in [5.41, 5.74) is 3.59. The summed E-state index contributed by atoms with van der Waals surface area (Å²) in [6.45, 7) is 3.97. The van der Waals surface area contributed by atoms with E-state index in [2.05, 4.69) is 10.5 Å². The van der Waals surface area contributed by atoms with E-state index < -0.39 is 5.97 Å². The lowest BCUT2D eigenvalue weighted by molar-refractivity contribution is -0.142. The third-order valence-corrected chi connectivity index (χ3v) is 2.79. The van der Waals surface area contributed by atoms with Crippen LogP contribution in [-0.2, 0) is 19.1 Å². The first-order valence-corrected chi connectivity index (χ1v) is 7.40. The second kappa shape index (κ2) is 10.2. The van der Waals surface area contributed by atoms with Crippen LogP contribution in [-0.4, -0.2) is 38.0 Å². The highest BCUT2D eigenvalue weighted by Gasteiger charge is 2.15. The van der Waals surface area contributed by atoms with Crippen molar-refractivity contribution >= 4 is 23.3 Å². The number of esters is 2. The molecule has 0 heterocycles. The van der Waals surface area contributed by atoms with Crippen molar-refractivity contribution < 1.29 is 23.8 Å².